The van der Waals surface area contributed by atoms with Crippen LogP contribution in [0.5, 0.6) is 0 Å². The minimum absolute atomic E-state index is 0.0386. The third kappa shape index (κ3) is 1.35. The maximum Gasteiger partial charge on any atom is 0.271 e. The summed E-state index contributed by atoms with van der Waals surface area (Å²) in [6.45, 7) is 0.659. The molecule has 0 atom stereocenters. The van der Waals surface area contributed by atoms with Gasteiger partial charge in [0.15, 0.2) is 0 Å². The second kappa shape index (κ2) is 3.05. The molecule has 0 aromatic carbocycles. The fourth-order valence-corrected chi connectivity index (χ4v) is 1.53. The molecule has 4 nitrogen and oxygen atoms in total. The van der Waals surface area contributed by atoms with Crippen LogP contribution in [0.1, 0.15) is 12.8 Å². The first-order chi connectivity index (χ1) is 6.29. The van der Waals surface area contributed by atoms with Crippen molar-refractivity contribution in [3.8, 4) is 0 Å². The highest BCUT2D eigenvalue weighted by Crippen LogP contribution is 2.16. The highest BCUT2D eigenvalue weighted by atomic mass is 16.2. The molecule has 2 heterocycles. The Labute approximate surface area is 75.2 Å². The summed E-state index contributed by atoms with van der Waals surface area (Å²) in [5, 5.41) is 0. The van der Waals surface area contributed by atoms with Crippen LogP contribution in [0.2, 0.25) is 0 Å². The van der Waals surface area contributed by atoms with Crippen LogP contribution >= 0.6 is 0 Å². The Balaban J connectivity index is 2.40. The second-order valence-electron chi connectivity index (χ2n) is 3.03. The van der Waals surface area contributed by atoms with Crippen molar-refractivity contribution in [2.75, 3.05) is 11.4 Å². The van der Waals surface area contributed by atoms with Gasteiger partial charge in [0.05, 0.1) is 0 Å². The van der Waals surface area contributed by atoms with Gasteiger partial charge < -0.3 is 9.88 Å². The smallest absolute Gasteiger partial charge is 0.271 e. The molecule has 2 rings (SSSR count). The number of aromatic amines is 1. The second-order valence-corrected chi connectivity index (χ2v) is 3.03. The maximum absolute atomic E-state index is 11.3. The minimum Gasteiger partial charge on any atom is -0.327 e. The molecule has 1 aromatic heterocycles. The lowest BCUT2D eigenvalue weighted by Gasteiger charge is -2.13. The van der Waals surface area contributed by atoms with E-state index in [-0.39, 0.29) is 11.5 Å². The molecule has 0 unspecified atom stereocenters. The first-order valence-corrected chi connectivity index (χ1v) is 4.27. The Bertz CT molecular complexity index is 383. The number of rotatable bonds is 1. The lowest BCUT2D eigenvalue weighted by Crippen LogP contribution is -2.29. The summed E-state index contributed by atoms with van der Waals surface area (Å²) in [6.07, 6.45) is 2.95. The largest absolute Gasteiger partial charge is 0.327 e. The Morgan fingerprint density at radius 2 is 2.23 bits per heavy atom. The van der Waals surface area contributed by atoms with E-state index in [2.05, 4.69) is 4.98 Å². The SMILES string of the molecule is O=C1CCCN1c1ccc[nH]c1=O. The first kappa shape index (κ1) is 8.04. The lowest BCUT2D eigenvalue weighted by atomic mass is 10.4. The fourth-order valence-electron chi connectivity index (χ4n) is 1.53. The maximum atomic E-state index is 11.3. The van der Waals surface area contributed by atoms with E-state index in [0.717, 1.165) is 6.42 Å². The topological polar surface area (TPSA) is 53.2 Å². The van der Waals surface area contributed by atoms with Gasteiger partial charge in [-0.3, -0.25) is 9.59 Å². The van der Waals surface area contributed by atoms with Gasteiger partial charge in [-0.25, -0.2) is 0 Å². The molecule has 0 saturated carbocycles. The van der Waals surface area contributed by atoms with Crippen LogP contribution in [0.3, 0.4) is 0 Å². The van der Waals surface area contributed by atoms with Gasteiger partial charge in [0, 0.05) is 19.2 Å². The van der Waals surface area contributed by atoms with Crippen molar-refractivity contribution in [2.45, 2.75) is 12.8 Å². The third-order valence-corrected chi connectivity index (χ3v) is 2.16. The number of amides is 1. The van der Waals surface area contributed by atoms with E-state index in [0.29, 0.717) is 18.7 Å². The number of anilines is 1. The number of carbonyl (C=O) groups excluding carboxylic acids is 1. The van der Waals surface area contributed by atoms with Crippen molar-refractivity contribution < 1.29 is 4.79 Å². The van der Waals surface area contributed by atoms with Gasteiger partial charge >= 0.3 is 0 Å². The quantitative estimate of drug-likeness (QED) is 0.680. The van der Waals surface area contributed by atoms with Crippen molar-refractivity contribution >= 4 is 11.6 Å². The third-order valence-electron chi connectivity index (χ3n) is 2.16. The van der Waals surface area contributed by atoms with Gasteiger partial charge in [0.25, 0.3) is 5.56 Å². The van der Waals surface area contributed by atoms with Gasteiger partial charge in [-0.15, -0.1) is 0 Å². The molecule has 0 aliphatic carbocycles. The zero-order valence-electron chi connectivity index (χ0n) is 7.12. The van der Waals surface area contributed by atoms with Crippen molar-refractivity contribution in [3.05, 3.63) is 28.7 Å². The van der Waals surface area contributed by atoms with E-state index < -0.39 is 0 Å². The molecule has 1 saturated heterocycles. The average molecular weight is 178 g/mol. The number of hydrogen-bond acceptors (Lipinski definition) is 2. The van der Waals surface area contributed by atoms with Crippen molar-refractivity contribution in [3.63, 3.8) is 0 Å². The summed E-state index contributed by atoms with van der Waals surface area (Å²) in [5.74, 6) is 0.0386. The molecule has 4 heteroatoms. The van der Waals surface area contributed by atoms with E-state index in [1.165, 1.54) is 0 Å². The Morgan fingerprint density at radius 1 is 1.38 bits per heavy atom. The van der Waals surface area contributed by atoms with Crippen LogP contribution in [0, 0.1) is 0 Å². The molecular weight excluding hydrogens is 168 g/mol. The molecule has 0 bridgehead atoms. The number of hydrogen-bond donors (Lipinski definition) is 1. The van der Waals surface area contributed by atoms with E-state index in [4.69, 9.17) is 0 Å². The number of carbonyl (C=O) groups is 1. The van der Waals surface area contributed by atoms with Crippen molar-refractivity contribution in [2.24, 2.45) is 0 Å². The van der Waals surface area contributed by atoms with Crippen LogP contribution in [0.25, 0.3) is 0 Å². The summed E-state index contributed by atoms with van der Waals surface area (Å²) in [5.41, 5.74) is 0.266. The standard InChI is InChI=1S/C9H10N2O2/c12-8-4-2-6-11(8)7-3-1-5-10-9(7)13/h1,3,5H,2,4,6H2,(H,10,13). The fraction of sp³-hybridized carbons (Fsp3) is 0.333. The number of nitrogens with zero attached hydrogens (tertiary/aromatic N) is 1. The summed E-state index contributed by atoms with van der Waals surface area (Å²) < 4.78 is 0. The molecule has 0 radical (unpaired) electrons. The molecule has 13 heavy (non-hydrogen) atoms. The van der Waals surface area contributed by atoms with E-state index in [9.17, 15) is 9.59 Å². The normalized spacial score (nSPS) is 16.6. The van der Waals surface area contributed by atoms with Crippen LogP contribution in [0.4, 0.5) is 5.69 Å². The van der Waals surface area contributed by atoms with Gasteiger partial charge in [-0.2, -0.15) is 0 Å². The number of pyridine rings is 1. The summed E-state index contributed by atoms with van der Waals surface area (Å²) >= 11 is 0. The highest BCUT2D eigenvalue weighted by Gasteiger charge is 2.23. The molecule has 1 aliphatic heterocycles. The molecule has 1 N–H and O–H groups in total. The molecule has 1 aromatic rings. The van der Waals surface area contributed by atoms with Gasteiger partial charge in [-0.05, 0) is 18.6 Å². The van der Waals surface area contributed by atoms with Gasteiger partial charge in [-0.1, -0.05) is 0 Å². The Morgan fingerprint density at radius 3 is 2.85 bits per heavy atom. The summed E-state index contributed by atoms with van der Waals surface area (Å²) in [6, 6.07) is 3.39. The first-order valence-electron chi connectivity index (χ1n) is 4.27. The van der Waals surface area contributed by atoms with Gasteiger partial charge in [0.2, 0.25) is 5.91 Å². The molecular formula is C9H10N2O2. The average Bonchev–Trinajstić information content (AvgIpc) is 2.52. The van der Waals surface area contributed by atoms with Crippen LogP contribution in [-0.2, 0) is 4.79 Å². The predicted molar refractivity (Wildman–Crippen MR) is 48.6 cm³/mol. The van der Waals surface area contributed by atoms with E-state index in [1.54, 1.807) is 23.2 Å². The zero-order chi connectivity index (χ0) is 9.26. The molecule has 68 valence electrons. The van der Waals surface area contributed by atoms with Crippen LogP contribution in [-0.4, -0.2) is 17.4 Å². The molecule has 0 spiro atoms. The van der Waals surface area contributed by atoms with Crippen LogP contribution in [0.15, 0.2) is 23.1 Å². The minimum atomic E-state index is -0.197. The Hall–Kier alpha value is -1.58. The van der Waals surface area contributed by atoms with Crippen LogP contribution < -0.4 is 10.5 Å². The van der Waals surface area contributed by atoms with Crippen molar-refractivity contribution in [1.29, 1.82) is 0 Å². The molecule has 1 aliphatic rings. The monoisotopic (exact) mass is 178 g/mol. The van der Waals surface area contributed by atoms with Gasteiger partial charge in [0.1, 0.15) is 5.69 Å². The van der Waals surface area contributed by atoms with E-state index >= 15 is 0 Å². The van der Waals surface area contributed by atoms with E-state index in [1.807, 2.05) is 0 Å². The molecule has 1 amide bonds. The number of H-pyrrole nitrogens is 1. The number of nitrogens with one attached hydrogen (secondary N) is 1. The number of aromatic nitrogens is 1. The molecule has 1 fully saturated rings. The van der Waals surface area contributed by atoms with Crippen molar-refractivity contribution in [1.82, 2.24) is 4.98 Å². The zero-order valence-corrected chi connectivity index (χ0v) is 7.12. The highest BCUT2D eigenvalue weighted by molar-refractivity contribution is 5.95. The summed E-state index contributed by atoms with van der Waals surface area (Å²) in [7, 11) is 0. The Kier molecular flexibility index (Phi) is 1.88. The lowest BCUT2D eigenvalue weighted by molar-refractivity contribution is -0.117. The summed E-state index contributed by atoms with van der Waals surface area (Å²) in [4.78, 5) is 26.7. The predicted octanol–water partition coefficient (Wildman–Crippen LogP) is 0.502.